The van der Waals surface area contributed by atoms with Crippen LogP contribution in [0.4, 0.5) is 5.82 Å². The Morgan fingerprint density at radius 2 is 2.19 bits per heavy atom. The highest BCUT2D eigenvalue weighted by molar-refractivity contribution is 7.48. The number of anilines is 1. The van der Waals surface area contributed by atoms with E-state index in [1.165, 1.54) is 19.2 Å². The van der Waals surface area contributed by atoms with Crippen molar-refractivity contribution in [3.8, 4) is 0 Å². The predicted octanol–water partition coefficient (Wildman–Crippen LogP) is 1.79. The van der Waals surface area contributed by atoms with Gasteiger partial charge in [-0.25, -0.2) is 9.36 Å². The summed E-state index contributed by atoms with van der Waals surface area (Å²) in [6.45, 7) is 1.12. The second-order valence-electron chi connectivity index (χ2n) is 7.79. The van der Waals surface area contributed by atoms with Crippen molar-refractivity contribution < 1.29 is 33.1 Å². The summed E-state index contributed by atoms with van der Waals surface area (Å²) in [5.41, 5.74) is 3.91. The van der Waals surface area contributed by atoms with Crippen LogP contribution in [0.2, 0.25) is 5.02 Å². The van der Waals surface area contributed by atoms with E-state index in [0.29, 0.717) is 11.4 Å². The van der Waals surface area contributed by atoms with Crippen LogP contribution in [-0.4, -0.2) is 50.8 Å². The molecule has 11 nitrogen and oxygen atoms in total. The lowest BCUT2D eigenvalue weighted by Gasteiger charge is -2.32. The van der Waals surface area contributed by atoms with E-state index in [1.807, 2.05) is 0 Å². The number of hydrogen-bond acceptors (Lipinski definition) is 10. The molecule has 0 radical (unpaired) electrons. The summed E-state index contributed by atoms with van der Waals surface area (Å²) in [5.74, 6) is 0.00401. The molecular formula is C19H23ClN3O8P. The normalized spacial score (nSPS) is 35.1. The lowest BCUT2D eigenvalue weighted by Crippen LogP contribution is -2.44. The Bertz CT molecular complexity index is 1100. The maximum absolute atomic E-state index is 13.1. The SMILES string of the molecule is C[C@]1(COP2(=O)OCCC(c3cccc(Cl)c3)O2)O[C@@H](n2ccc(N)nc2=O)[C@H](O)[C@@H]1O. The van der Waals surface area contributed by atoms with Crippen LogP contribution in [0.3, 0.4) is 0 Å². The molecule has 1 aromatic heterocycles. The van der Waals surface area contributed by atoms with Gasteiger partial charge in [0.15, 0.2) is 6.23 Å². The van der Waals surface area contributed by atoms with Gasteiger partial charge in [-0.15, -0.1) is 0 Å². The topological polar surface area (TPSA) is 155 Å². The molecule has 32 heavy (non-hydrogen) atoms. The molecule has 6 atom stereocenters. The number of hydrogen-bond donors (Lipinski definition) is 3. The first-order valence-corrected chi connectivity index (χ1v) is 11.7. The molecule has 3 heterocycles. The highest BCUT2D eigenvalue weighted by Crippen LogP contribution is 2.58. The first-order chi connectivity index (χ1) is 15.1. The van der Waals surface area contributed by atoms with E-state index in [2.05, 4.69) is 4.98 Å². The largest absolute Gasteiger partial charge is 0.475 e. The van der Waals surface area contributed by atoms with E-state index >= 15 is 0 Å². The lowest BCUT2D eigenvalue weighted by molar-refractivity contribution is -0.120. The van der Waals surface area contributed by atoms with Gasteiger partial charge in [-0.2, -0.15) is 4.98 Å². The summed E-state index contributed by atoms with van der Waals surface area (Å²) in [6.07, 6.45) is -3.04. The molecule has 2 aromatic rings. The monoisotopic (exact) mass is 487 g/mol. The minimum atomic E-state index is -4.01. The highest BCUT2D eigenvalue weighted by atomic mass is 35.5. The molecule has 2 fully saturated rings. The van der Waals surface area contributed by atoms with Gasteiger partial charge < -0.3 is 20.7 Å². The number of halogens is 1. The van der Waals surface area contributed by atoms with Gasteiger partial charge in [-0.3, -0.25) is 18.1 Å². The molecule has 4 N–H and O–H groups in total. The average molecular weight is 488 g/mol. The zero-order valence-corrected chi connectivity index (χ0v) is 18.7. The van der Waals surface area contributed by atoms with Gasteiger partial charge in [-0.1, -0.05) is 23.7 Å². The summed E-state index contributed by atoms with van der Waals surface area (Å²) in [6, 6.07) is 8.31. The van der Waals surface area contributed by atoms with Crippen LogP contribution in [0.1, 0.15) is 31.2 Å². The summed E-state index contributed by atoms with van der Waals surface area (Å²) in [4.78, 5) is 15.7. The molecule has 2 aliphatic rings. The van der Waals surface area contributed by atoms with Gasteiger partial charge in [0.05, 0.1) is 19.3 Å². The third-order valence-corrected chi connectivity index (χ3v) is 7.06. The number of nitrogens with zero attached hydrogens (tertiary/aromatic N) is 2. The Hall–Kier alpha value is -1.82. The lowest BCUT2D eigenvalue weighted by atomic mass is 9.99. The molecule has 0 amide bonds. The van der Waals surface area contributed by atoms with Crippen LogP contribution in [-0.2, 0) is 22.9 Å². The third kappa shape index (κ3) is 4.61. The second kappa shape index (κ2) is 8.85. The van der Waals surface area contributed by atoms with Crippen molar-refractivity contribution in [1.29, 1.82) is 0 Å². The van der Waals surface area contributed by atoms with E-state index in [0.717, 1.165) is 10.1 Å². The Labute approximate surface area is 188 Å². The van der Waals surface area contributed by atoms with Gasteiger partial charge in [0.2, 0.25) is 0 Å². The Kier molecular flexibility index (Phi) is 6.45. The highest BCUT2D eigenvalue weighted by Gasteiger charge is 2.54. The van der Waals surface area contributed by atoms with Crippen LogP contribution < -0.4 is 11.4 Å². The average Bonchev–Trinajstić information content (AvgIpc) is 2.97. The van der Waals surface area contributed by atoms with Gasteiger partial charge in [0.1, 0.15) is 23.6 Å². The first-order valence-electron chi connectivity index (χ1n) is 9.82. The molecular weight excluding hydrogens is 465 g/mol. The smallest absolute Gasteiger partial charge is 0.387 e. The minimum Gasteiger partial charge on any atom is -0.387 e. The summed E-state index contributed by atoms with van der Waals surface area (Å²) in [7, 11) is -4.01. The number of phosphoric acid groups is 1. The molecule has 2 saturated heterocycles. The molecule has 1 aromatic carbocycles. The van der Waals surface area contributed by atoms with Crippen LogP contribution in [0.15, 0.2) is 41.3 Å². The number of aromatic nitrogens is 2. The second-order valence-corrected chi connectivity index (χ2v) is 9.85. The number of rotatable bonds is 5. The number of aliphatic hydroxyl groups is 2. The van der Waals surface area contributed by atoms with Gasteiger partial charge in [-0.05, 0) is 30.7 Å². The van der Waals surface area contributed by atoms with Gasteiger partial charge in [0.25, 0.3) is 0 Å². The van der Waals surface area contributed by atoms with E-state index in [4.69, 9.17) is 35.6 Å². The first kappa shape index (κ1) is 23.3. The van der Waals surface area contributed by atoms with E-state index in [-0.39, 0.29) is 12.4 Å². The Morgan fingerprint density at radius 3 is 2.91 bits per heavy atom. The number of benzene rings is 1. The van der Waals surface area contributed by atoms with Crippen molar-refractivity contribution in [3.63, 3.8) is 0 Å². The van der Waals surface area contributed by atoms with Crippen molar-refractivity contribution >= 4 is 25.2 Å². The molecule has 13 heteroatoms. The third-order valence-electron chi connectivity index (χ3n) is 5.37. The fourth-order valence-corrected chi connectivity index (χ4v) is 5.29. The van der Waals surface area contributed by atoms with E-state index < -0.39 is 50.3 Å². The summed E-state index contributed by atoms with van der Waals surface area (Å²) >= 11 is 6.02. The van der Waals surface area contributed by atoms with Crippen molar-refractivity contribution in [2.45, 2.75) is 43.5 Å². The Balaban J connectivity index is 1.47. The zero-order valence-electron chi connectivity index (χ0n) is 17.0. The molecule has 0 aliphatic carbocycles. The summed E-state index contributed by atoms with van der Waals surface area (Å²) in [5, 5.41) is 21.5. The van der Waals surface area contributed by atoms with Crippen LogP contribution in [0, 0.1) is 0 Å². The van der Waals surface area contributed by atoms with Crippen molar-refractivity contribution in [3.05, 3.63) is 57.6 Å². The number of phosphoric ester groups is 1. The predicted molar refractivity (Wildman–Crippen MR) is 113 cm³/mol. The zero-order chi connectivity index (χ0) is 23.1. The van der Waals surface area contributed by atoms with Crippen molar-refractivity contribution in [2.24, 2.45) is 0 Å². The molecule has 0 saturated carbocycles. The number of ether oxygens (including phenoxy) is 1. The standard InChI is InChI=1S/C19H23ClN3O8P/c1-19(16(25)15(24)17(30-19)23-7-5-14(21)22-18(23)26)10-29-32(27)28-8-6-13(31-32)11-3-2-4-12(20)9-11/h2-5,7,9,13,15-17,24-25H,6,8,10H2,1H3,(H2,21,22,26)/t13?,15-,16+,17-,19-,32?/m1/s1. The van der Waals surface area contributed by atoms with Crippen molar-refractivity contribution in [2.75, 3.05) is 18.9 Å². The van der Waals surface area contributed by atoms with Crippen LogP contribution in [0.25, 0.3) is 0 Å². The molecule has 0 bridgehead atoms. The fraction of sp³-hybridized carbons (Fsp3) is 0.474. The maximum Gasteiger partial charge on any atom is 0.475 e. The fourth-order valence-electron chi connectivity index (χ4n) is 3.61. The van der Waals surface area contributed by atoms with E-state index in [9.17, 15) is 19.6 Å². The van der Waals surface area contributed by atoms with E-state index in [1.54, 1.807) is 24.3 Å². The van der Waals surface area contributed by atoms with Crippen LogP contribution >= 0.6 is 19.4 Å². The van der Waals surface area contributed by atoms with Gasteiger partial charge >= 0.3 is 13.5 Å². The molecule has 2 aliphatic heterocycles. The number of nitrogen functional groups attached to an aromatic ring is 1. The van der Waals surface area contributed by atoms with Crippen molar-refractivity contribution in [1.82, 2.24) is 9.55 Å². The molecule has 2 unspecified atom stereocenters. The minimum absolute atomic E-state index is 0.00401. The molecule has 4 rings (SSSR count). The quantitative estimate of drug-likeness (QED) is 0.531. The number of aliphatic hydroxyl groups excluding tert-OH is 2. The van der Waals surface area contributed by atoms with Gasteiger partial charge in [0, 0.05) is 17.6 Å². The Morgan fingerprint density at radius 1 is 1.41 bits per heavy atom. The maximum atomic E-state index is 13.1. The molecule has 174 valence electrons. The molecule has 0 spiro atoms. The summed E-state index contributed by atoms with van der Waals surface area (Å²) < 4.78 is 36.1. The van der Waals surface area contributed by atoms with Crippen LogP contribution in [0.5, 0.6) is 0 Å². The number of nitrogens with two attached hydrogens (primary N) is 1.